The molecule has 1 aromatic rings. The second kappa shape index (κ2) is 7.73. The molecule has 2 aliphatic heterocycles. The van der Waals surface area contributed by atoms with Crippen LogP contribution in [0.3, 0.4) is 0 Å². The average Bonchev–Trinajstić information content (AvgIpc) is 2.60. The maximum atomic E-state index is 12.6. The quantitative estimate of drug-likeness (QED) is 0.883. The van der Waals surface area contributed by atoms with Gasteiger partial charge in [0.2, 0.25) is 0 Å². The summed E-state index contributed by atoms with van der Waals surface area (Å²) in [6, 6.07) is 5.05. The number of carbonyl (C=O) groups is 1. The normalized spacial score (nSPS) is 19.8. The van der Waals surface area contributed by atoms with Crippen LogP contribution in [0.4, 0.5) is 13.2 Å². The SMILES string of the molecule is CC(NC(=O)c1cccc2c1OCCO2)C1CCN(CC(F)(F)F)CC1. The molecule has 0 aromatic heterocycles. The smallest absolute Gasteiger partial charge is 0.401 e. The molecule has 26 heavy (non-hydrogen) atoms. The molecule has 1 N–H and O–H groups in total. The van der Waals surface area contributed by atoms with Crippen LogP contribution < -0.4 is 14.8 Å². The van der Waals surface area contributed by atoms with E-state index in [0.29, 0.717) is 56.2 Å². The first-order chi connectivity index (χ1) is 12.3. The van der Waals surface area contributed by atoms with E-state index in [4.69, 9.17) is 9.47 Å². The molecule has 144 valence electrons. The Balaban J connectivity index is 1.56. The van der Waals surface area contributed by atoms with Crippen molar-refractivity contribution in [1.82, 2.24) is 10.2 Å². The number of likely N-dealkylation sites (tertiary alicyclic amines) is 1. The van der Waals surface area contributed by atoms with E-state index in [1.54, 1.807) is 18.2 Å². The fourth-order valence-electron chi connectivity index (χ4n) is 3.52. The Hall–Kier alpha value is -1.96. The predicted molar refractivity (Wildman–Crippen MR) is 89.6 cm³/mol. The number of fused-ring (bicyclic) bond motifs is 1. The lowest BCUT2D eigenvalue weighted by Gasteiger charge is -2.35. The number of amides is 1. The Morgan fingerprint density at radius 2 is 1.96 bits per heavy atom. The van der Waals surface area contributed by atoms with E-state index in [9.17, 15) is 18.0 Å². The summed E-state index contributed by atoms with van der Waals surface area (Å²) in [5.41, 5.74) is 0.420. The summed E-state index contributed by atoms with van der Waals surface area (Å²) in [5, 5.41) is 2.96. The molecule has 3 rings (SSSR count). The molecule has 0 spiro atoms. The summed E-state index contributed by atoms with van der Waals surface area (Å²) in [7, 11) is 0. The maximum Gasteiger partial charge on any atom is 0.401 e. The van der Waals surface area contributed by atoms with Gasteiger partial charge in [-0.05, 0) is 50.9 Å². The number of hydrogen-bond acceptors (Lipinski definition) is 4. The molecule has 0 aliphatic carbocycles. The van der Waals surface area contributed by atoms with Crippen molar-refractivity contribution in [2.75, 3.05) is 32.8 Å². The molecular weight excluding hydrogens is 349 g/mol. The van der Waals surface area contributed by atoms with Crippen molar-refractivity contribution >= 4 is 5.91 Å². The highest BCUT2D eigenvalue weighted by Gasteiger charge is 2.34. The summed E-state index contributed by atoms with van der Waals surface area (Å²) in [4.78, 5) is 14.0. The second-order valence-corrected chi connectivity index (χ2v) is 6.82. The summed E-state index contributed by atoms with van der Waals surface area (Å²) in [6.45, 7) is 2.66. The number of carbonyl (C=O) groups excluding carboxylic acids is 1. The van der Waals surface area contributed by atoms with Gasteiger partial charge in [-0.15, -0.1) is 0 Å². The highest BCUT2D eigenvalue weighted by molar-refractivity contribution is 5.98. The van der Waals surface area contributed by atoms with Gasteiger partial charge in [-0.2, -0.15) is 13.2 Å². The summed E-state index contributed by atoms with van der Waals surface area (Å²) in [5.74, 6) is 0.901. The van der Waals surface area contributed by atoms with Gasteiger partial charge in [0, 0.05) is 6.04 Å². The maximum absolute atomic E-state index is 12.6. The Labute approximate surface area is 150 Å². The fourth-order valence-corrected chi connectivity index (χ4v) is 3.52. The lowest BCUT2D eigenvalue weighted by Crippen LogP contribution is -2.46. The van der Waals surface area contributed by atoms with Crippen LogP contribution in [-0.2, 0) is 0 Å². The molecule has 5 nitrogen and oxygen atoms in total. The highest BCUT2D eigenvalue weighted by Crippen LogP contribution is 2.33. The lowest BCUT2D eigenvalue weighted by molar-refractivity contribution is -0.148. The van der Waals surface area contributed by atoms with E-state index < -0.39 is 12.7 Å². The van der Waals surface area contributed by atoms with Crippen molar-refractivity contribution in [1.29, 1.82) is 0 Å². The first-order valence-corrected chi connectivity index (χ1v) is 8.82. The standard InChI is InChI=1S/C18H23F3N2O3/c1-12(13-5-7-23(8-6-13)11-18(19,20)21)22-17(24)14-3-2-4-15-16(14)26-10-9-25-15/h2-4,12-13H,5-11H2,1H3,(H,22,24). The number of piperidine rings is 1. The first-order valence-electron chi connectivity index (χ1n) is 8.82. The molecule has 2 aliphatic rings. The third kappa shape index (κ3) is 4.60. The molecule has 1 amide bonds. The van der Waals surface area contributed by atoms with E-state index in [2.05, 4.69) is 5.32 Å². The van der Waals surface area contributed by atoms with Crippen LogP contribution in [0.1, 0.15) is 30.1 Å². The van der Waals surface area contributed by atoms with Crippen molar-refractivity contribution in [2.24, 2.45) is 5.92 Å². The molecule has 1 fully saturated rings. The molecular formula is C18H23F3N2O3. The number of para-hydroxylation sites is 1. The number of alkyl halides is 3. The van der Waals surface area contributed by atoms with Gasteiger partial charge in [0.1, 0.15) is 13.2 Å². The van der Waals surface area contributed by atoms with Crippen LogP contribution in [0.2, 0.25) is 0 Å². The Kier molecular flexibility index (Phi) is 5.60. The van der Waals surface area contributed by atoms with Crippen LogP contribution in [-0.4, -0.2) is 55.9 Å². The molecule has 1 saturated heterocycles. The van der Waals surface area contributed by atoms with Crippen LogP contribution in [0, 0.1) is 5.92 Å². The van der Waals surface area contributed by atoms with Gasteiger partial charge in [0.05, 0.1) is 12.1 Å². The molecule has 2 heterocycles. The van der Waals surface area contributed by atoms with E-state index in [1.807, 2.05) is 6.92 Å². The number of benzene rings is 1. The number of hydrogen-bond donors (Lipinski definition) is 1. The largest absolute Gasteiger partial charge is 0.486 e. The molecule has 0 radical (unpaired) electrons. The molecule has 8 heteroatoms. The number of nitrogens with zero attached hydrogens (tertiary/aromatic N) is 1. The van der Waals surface area contributed by atoms with E-state index in [0.717, 1.165) is 0 Å². The lowest BCUT2D eigenvalue weighted by atomic mass is 9.90. The second-order valence-electron chi connectivity index (χ2n) is 6.82. The van der Waals surface area contributed by atoms with Crippen LogP contribution in [0.15, 0.2) is 18.2 Å². The van der Waals surface area contributed by atoms with E-state index in [-0.39, 0.29) is 17.9 Å². The van der Waals surface area contributed by atoms with Gasteiger partial charge in [0.25, 0.3) is 5.91 Å². The summed E-state index contributed by atoms with van der Waals surface area (Å²) in [6.07, 6.45) is -2.91. The van der Waals surface area contributed by atoms with Gasteiger partial charge in [-0.1, -0.05) is 6.07 Å². The molecule has 0 saturated carbocycles. The highest BCUT2D eigenvalue weighted by atomic mass is 19.4. The number of nitrogens with one attached hydrogen (secondary N) is 1. The van der Waals surface area contributed by atoms with Crippen LogP contribution in [0.25, 0.3) is 0 Å². The van der Waals surface area contributed by atoms with Gasteiger partial charge >= 0.3 is 6.18 Å². The van der Waals surface area contributed by atoms with Gasteiger partial charge in [-0.25, -0.2) is 0 Å². The van der Waals surface area contributed by atoms with Crippen molar-refractivity contribution in [2.45, 2.75) is 32.0 Å². The zero-order valence-corrected chi connectivity index (χ0v) is 14.6. The van der Waals surface area contributed by atoms with Crippen molar-refractivity contribution in [3.05, 3.63) is 23.8 Å². The van der Waals surface area contributed by atoms with Gasteiger partial charge in [0.15, 0.2) is 11.5 Å². The number of halogens is 3. The van der Waals surface area contributed by atoms with Gasteiger partial charge < -0.3 is 14.8 Å². The Bertz CT molecular complexity index is 643. The monoisotopic (exact) mass is 372 g/mol. The zero-order valence-electron chi connectivity index (χ0n) is 14.6. The average molecular weight is 372 g/mol. The topological polar surface area (TPSA) is 50.8 Å². The minimum Gasteiger partial charge on any atom is -0.486 e. The fraction of sp³-hybridized carbons (Fsp3) is 0.611. The molecule has 1 unspecified atom stereocenters. The van der Waals surface area contributed by atoms with Crippen LogP contribution in [0.5, 0.6) is 11.5 Å². The minimum absolute atomic E-state index is 0.129. The van der Waals surface area contributed by atoms with Gasteiger partial charge in [-0.3, -0.25) is 9.69 Å². The summed E-state index contributed by atoms with van der Waals surface area (Å²) >= 11 is 0. The van der Waals surface area contributed by atoms with Crippen molar-refractivity contribution < 1.29 is 27.4 Å². The van der Waals surface area contributed by atoms with E-state index >= 15 is 0 Å². The minimum atomic E-state index is -4.17. The summed E-state index contributed by atoms with van der Waals surface area (Å²) < 4.78 is 48.5. The first kappa shape index (κ1) is 18.8. The third-order valence-corrected chi connectivity index (χ3v) is 4.91. The molecule has 0 bridgehead atoms. The molecule has 1 atom stereocenters. The number of ether oxygens (including phenoxy) is 2. The van der Waals surface area contributed by atoms with E-state index in [1.165, 1.54) is 4.90 Å². The predicted octanol–water partition coefficient (Wildman–Crippen LogP) is 2.85. The molecule has 1 aromatic carbocycles. The van der Waals surface area contributed by atoms with Crippen molar-refractivity contribution in [3.63, 3.8) is 0 Å². The van der Waals surface area contributed by atoms with Crippen LogP contribution >= 0.6 is 0 Å². The van der Waals surface area contributed by atoms with Crippen molar-refractivity contribution in [3.8, 4) is 11.5 Å². The third-order valence-electron chi connectivity index (χ3n) is 4.91. The Morgan fingerprint density at radius 3 is 2.65 bits per heavy atom. The zero-order chi connectivity index (χ0) is 18.7. The number of rotatable bonds is 4. The Morgan fingerprint density at radius 1 is 1.27 bits per heavy atom.